The molecule has 1 atom stereocenters. The summed E-state index contributed by atoms with van der Waals surface area (Å²) in [5.74, 6) is -0.138. The van der Waals surface area contributed by atoms with Crippen LogP contribution in [0, 0.1) is 13.8 Å². The van der Waals surface area contributed by atoms with E-state index in [4.69, 9.17) is 0 Å². The predicted molar refractivity (Wildman–Crippen MR) is 110 cm³/mol. The fourth-order valence-corrected chi connectivity index (χ4v) is 3.40. The van der Waals surface area contributed by atoms with Crippen LogP contribution in [0.4, 0.5) is 5.69 Å². The molecule has 2 aromatic carbocycles. The SMILES string of the molecule is Cc1cccc(NC(=O)[C@@H](C)Sc2nc(-c3ccccc3)cc(=O)[nH]2)c1C. The highest BCUT2D eigenvalue weighted by Gasteiger charge is 2.17. The Balaban J connectivity index is 1.76. The Labute approximate surface area is 162 Å². The maximum atomic E-state index is 12.6. The van der Waals surface area contributed by atoms with Crippen LogP contribution in [0.5, 0.6) is 0 Å². The van der Waals surface area contributed by atoms with Gasteiger partial charge in [-0.25, -0.2) is 4.98 Å². The number of hydrogen-bond donors (Lipinski definition) is 2. The fourth-order valence-electron chi connectivity index (χ4n) is 2.59. The van der Waals surface area contributed by atoms with E-state index in [9.17, 15) is 9.59 Å². The van der Waals surface area contributed by atoms with Gasteiger partial charge in [-0.2, -0.15) is 0 Å². The number of amides is 1. The number of aromatic nitrogens is 2. The normalized spacial score (nSPS) is 11.8. The Kier molecular flexibility index (Phi) is 5.76. The van der Waals surface area contributed by atoms with Gasteiger partial charge in [0.15, 0.2) is 5.16 Å². The molecule has 3 aromatic rings. The fraction of sp³-hybridized carbons (Fsp3) is 0.190. The molecule has 0 saturated heterocycles. The minimum absolute atomic E-state index is 0.138. The van der Waals surface area contributed by atoms with Crippen molar-refractivity contribution in [3.8, 4) is 11.3 Å². The van der Waals surface area contributed by atoms with Crippen LogP contribution < -0.4 is 10.9 Å². The van der Waals surface area contributed by atoms with Crippen molar-refractivity contribution in [1.29, 1.82) is 0 Å². The van der Waals surface area contributed by atoms with Crippen molar-refractivity contribution in [2.75, 3.05) is 5.32 Å². The lowest BCUT2D eigenvalue weighted by Gasteiger charge is -2.14. The molecule has 0 fully saturated rings. The van der Waals surface area contributed by atoms with Crippen molar-refractivity contribution in [2.24, 2.45) is 0 Å². The van der Waals surface area contributed by atoms with Crippen LogP contribution in [0.2, 0.25) is 0 Å². The highest BCUT2D eigenvalue weighted by molar-refractivity contribution is 8.00. The third-order valence-corrected chi connectivity index (χ3v) is 5.29. The number of benzene rings is 2. The number of anilines is 1. The number of H-pyrrole nitrogens is 1. The Morgan fingerprint density at radius 2 is 1.85 bits per heavy atom. The lowest BCUT2D eigenvalue weighted by Crippen LogP contribution is -2.23. The van der Waals surface area contributed by atoms with E-state index in [2.05, 4.69) is 15.3 Å². The summed E-state index contributed by atoms with van der Waals surface area (Å²) < 4.78 is 0. The number of thioether (sulfide) groups is 1. The molecule has 0 radical (unpaired) electrons. The maximum absolute atomic E-state index is 12.6. The van der Waals surface area contributed by atoms with E-state index in [0.29, 0.717) is 10.9 Å². The molecule has 0 aliphatic carbocycles. The van der Waals surface area contributed by atoms with Crippen molar-refractivity contribution >= 4 is 23.4 Å². The Bertz CT molecular complexity index is 1020. The van der Waals surface area contributed by atoms with Gasteiger partial charge in [0.1, 0.15) is 0 Å². The Hall–Kier alpha value is -2.86. The lowest BCUT2D eigenvalue weighted by atomic mass is 10.1. The first-order valence-corrected chi connectivity index (χ1v) is 9.52. The Morgan fingerprint density at radius 1 is 1.11 bits per heavy atom. The molecule has 0 saturated carbocycles. The van der Waals surface area contributed by atoms with Crippen LogP contribution in [0.25, 0.3) is 11.3 Å². The molecule has 138 valence electrons. The highest BCUT2D eigenvalue weighted by atomic mass is 32.2. The lowest BCUT2D eigenvalue weighted by molar-refractivity contribution is -0.115. The number of hydrogen-bond acceptors (Lipinski definition) is 4. The molecule has 1 heterocycles. The molecule has 0 aliphatic heterocycles. The van der Waals surface area contributed by atoms with E-state index in [0.717, 1.165) is 22.4 Å². The molecule has 0 spiro atoms. The van der Waals surface area contributed by atoms with E-state index < -0.39 is 5.25 Å². The number of carbonyl (C=O) groups excluding carboxylic acids is 1. The molecule has 0 aliphatic rings. The molecule has 0 bridgehead atoms. The number of aromatic amines is 1. The highest BCUT2D eigenvalue weighted by Crippen LogP contribution is 2.24. The zero-order valence-corrected chi connectivity index (χ0v) is 16.3. The molecular formula is C21H21N3O2S. The molecule has 5 nitrogen and oxygen atoms in total. The van der Waals surface area contributed by atoms with Gasteiger partial charge in [-0.3, -0.25) is 9.59 Å². The minimum atomic E-state index is -0.418. The average molecular weight is 379 g/mol. The first-order chi connectivity index (χ1) is 12.9. The monoisotopic (exact) mass is 379 g/mol. The second-order valence-corrected chi connectivity index (χ2v) is 7.63. The van der Waals surface area contributed by atoms with Gasteiger partial charge < -0.3 is 10.3 Å². The summed E-state index contributed by atoms with van der Waals surface area (Å²) in [5.41, 5.74) is 4.16. The molecule has 1 aromatic heterocycles. The average Bonchev–Trinajstić information content (AvgIpc) is 2.65. The summed E-state index contributed by atoms with van der Waals surface area (Å²) in [4.78, 5) is 31.8. The second kappa shape index (κ2) is 8.22. The van der Waals surface area contributed by atoms with Crippen LogP contribution in [-0.2, 0) is 4.79 Å². The third kappa shape index (κ3) is 4.65. The minimum Gasteiger partial charge on any atom is -0.325 e. The van der Waals surface area contributed by atoms with Crippen molar-refractivity contribution in [2.45, 2.75) is 31.2 Å². The van der Waals surface area contributed by atoms with Crippen LogP contribution in [0.15, 0.2) is 64.5 Å². The smallest absolute Gasteiger partial charge is 0.252 e. The van der Waals surface area contributed by atoms with E-state index in [1.165, 1.54) is 17.8 Å². The van der Waals surface area contributed by atoms with Crippen molar-refractivity contribution in [1.82, 2.24) is 9.97 Å². The van der Waals surface area contributed by atoms with Crippen LogP contribution >= 0.6 is 11.8 Å². The number of aryl methyl sites for hydroxylation is 1. The summed E-state index contributed by atoms with van der Waals surface area (Å²) in [6.07, 6.45) is 0. The number of nitrogens with one attached hydrogen (secondary N) is 2. The van der Waals surface area contributed by atoms with Crippen molar-refractivity contribution in [3.05, 3.63) is 76.1 Å². The van der Waals surface area contributed by atoms with Gasteiger partial charge in [0.05, 0.1) is 10.9 Å². The number of carbonyl (C=O) groups is 1. The first-order valence-electron chi connectivity index (χ1n) is 8.64. The van der Waals surface area contributed by atoms with E-state index >= 15 is 0 Å². The standard InChI is InChI=1S/C21H21N3O2S/c1-13-8-7-11-17(14(13)2)22-20(26)15(3)27-21-23-18(12-19(25)24-21)16-9-5-4-6-10-16/h4-12,15H,1-3H3,(H,22,26)(H,23,24,25)/t15-/m1/s1. The van der Waals surface area contributed by atoms with E-state index in [-0.39, 0.29) is 11.5 Å². The summed E-state index contributed by atoms with van der Waals surface area (Å²) in [6.45, 7) is 5.78. The molecule has 3 rings (SSSR count). The maximum Gasteiger partial charge on any atom is 0.252 e. The number of rotatable bonds is 5. The van der Waals surface area contributed by atoms with Gasteiger partial charge in [0.2, 0.25) is 5.91 Å². The summed E-state index contributed by atoms with van der Waals surface area (Å²) in [7, 11) is 0. The first kappa shape index (κ1) is 18.9. The summed E-state index contributed by atoms with van der Waals surface area (Å²) >= 11 is 1.23. The largest absolute Gasteiger partial charge is 0.325 e. The summed E-state index contributed by atoms with van der Waals surface area (Å²) in [5, 5.41) is 2.96. The Morgan fingerprint density at radius 3 is 2.59 bits per heavy atom. The van der Waals surface area contributed by atoms with Crippen molar-refractivity contribution in [3.63, 3.8) is 0 Å². The van der Waals surface area contributed by atoms with Crippen molar-refractivity contribution < 1.29 is 4.79 Å². The van der Waals surface area contributed by atoms with Crippen LogP contribution in [0.3, 0.4) is 0 Å². The molecular weight excluding hydrogens is 358 g/mol. The molecule has 0 unspecified atom stereocenters. The zero-order chi connectivity index (χ0) is 19.4. The van der Waals surface area contributed by atoms with Gasteiger partial charge in [-0.15, -0.1) is 0 Å². The van der Waals surface area contributed by atoms with Gasteiger partial charge in [-0.1, -0.05) is 54.2 Å². The third-order valence-electron chi connectivity index (χ3n) is 4.31. The van der Waals surface area contributed by atoms with Gasteiger partial charge in [0, 0.05) is 17.3 Å². The zero-order valence-electron chi connectivity index (χ0n) is 15.4. The van der Waals surface area contributed by atoms with E-state index in [1.807, 2.05) is 62.4 Å². The molecule has 6 heteroatoms. The molecule has 1 amide bonds. The molecule has 27 heavy (non-hydrogen) atoms. The molecule has 2 N–H and O–H groups in total. The van der Waals surface area contributed by atoms with Crippen LogP contribution in [0.1, 0.15) is 18.1 Å². The van der Waals surface area contributed by atoms with Gasteiger partial charge >= 0.3 is 0 Å². The van der Waals surface area contributed by atoms with Gasteiger partial charge in [-0.05, 0) is 38.0 Å². The van der Waals surface area contributed by atoms with E-state index in [1.54, 1.807) is 6.92 Å². The quantitative estimate of drug-likeness (QED) is 0.515. The second-order valence-electron chi connectivity index (χ2n) is 6.30. The summed E-state index contributed by atoms with van der Waals surface area (Å²) in [6, 6.07) is 16.8. The predicted octanol–water partition coefficient (Wildman–Crippen LogP) is 4.17. The van der Waals surface area contributed by atoms with Gasteiger partial charge in [0.25, 0.3) is 5.56 Å². The number of nitrogens with zero attached hydrogens (tertiary/aromatic N) is 1. The topological polar surface area (TPSA) is 74.8 Å². The van der Waals surface area contributed by atoms with Crippen LogP contribution in [-0.4, -0.2) is 21.1 Å².